The Bertz CT molecular complexity index is 894. The number of aromatic nitrogens is 2. The molecule has 4 rings (SSSR count). The van der Waals surface area contributed by atoms with Crippen molar-refractivity contribution in [2.75, 3.05) is 0 Å². The Hall–Kier alpha value is -2.55. The zero-order valence-corrected chi connectivity index (χ0v) is 13.9. The topological polar surface area (TPSA) is 25.8 Å². The van der Waals surface area contributed by atoms with Crippen LogP contribution in [0, 0.1) is 19.7 Å². The molecule has 0 atom stereocenters. The summed E-state index contributed by atoms with van der Waals surface area (Å²) in [4.78, 5) is 8.54. The van der Waals surface area contributed by atoms with E-state index >= 15 is 0 Å². The Kier molecular flexibility index (Phi) is 3.64. The summed E-state index contributed by atoms with van der Waals surface area (Å²) >= 11 is 0. The SMILES string of the molecule is Cc1cc(-c2cnccn2)cc(C)c1-c1ccc(F)c2c1CCC2. The summed E-state index contributed by atoms with van der Waals surface area (Å²) in [6.07, 6.45) is 8.03. The normalized spacial score (nSPS) is 13.1. The molecule has 0 bridgehead atoms. The highest BCUT2D eigenvalue weighted by molar-refractivity contribution is 5.78. The average Bonchev–Trinajstić information content (AvgIpc) is 3.08. The predicted molar refractivity (Wildman–Crippen MR) is 94.4 cm³/mol. The summed E-state index contributed by atoms with van der Waals surface area (Å²) in [5, 5.41) is 0. The van der Waals surface area contributed by atoms with Gasteiger partial charge in [0.25, 0.3) is 0 Å². The second-order valence-electron chi connectivity index (χ2n) is 6.48. The van der Waals surface area contributed by atoms with E-state index in [9.17, 15) is 4.39 Å². The summed E-state index contributed by atoms with van der Waals surface area (Å²) < 4.78 is 14.1. The van der Waals surface area contributed by atoms with Crippen LogP contribution < -0.4 is 0 Å². The first-order valence-corrected chi connectivity index (χ1v) is 8.33. The Morgan fingerprint density at radius 2 is 1.71 bits per heavy atom. The lowest BCUT2D eigenvalue weighted by molar-refractivity contribution is 0.613. The molecule has 120 valence electrons. The average molecular weight is 318 g/mol. The van der Waals surface area contributed by atoms with Crippen LogP contribution in [-0.4, -0.2) is 9.97 Å². The molecule has 0 radical (unpaired) electrons. The third-order valence-corrected chi connectivity index (χ3v) is 4.89. The zero-order valence-electron chi connectivity index (χ0n) is 13.9. The number of nitrogens with zero attached hydrogens (tertiary/aromatic N) is 2. The fourth-order valence-electron chi connectivity index (χ4n) is 3.88. The Morgan fingerprint density at radius 1 is 0.958 bits per heavy atom. The maximum atomic E-state index is 14.1. The number of hydrogen-bond acceptors (Lipinski definition) is 2. The predicted octanol–water partition coefficient (Wildman–Crippen LogP) is 5.06. The van der Waals surface area contributed by atoms with Gasteiger partial charge >= 0.3 is 0 Å². The molecule has 1 aromatic heterocycles. The molecule has 0 spiro atoms. The molecule has 0 saturated carbocycles. The van der Waals surface area contributed by atoms with Crippen LogP contribution in [-0.2, 0) is 12.8 Å². The highest BCUT2D eigenvalue weighted by atomic mass is 19.1. The molecule has 1 heterocycles. The maximum Gasteiger partial charge on any atom is 0.126 e. The summed E-state index contributed by atoms with van der Waals surface area (Å²) in [6.45, 7) is 4.24. The van der Waals surface area contributed by atoms with Crippen LogP contribution in [0.1, 0.15) is 28.7 Å². The van der Waals surface area contributed by atoms with Crippen LogP contribution in [0.4, 0.5) is 4.39 Å². The van der Waals surface area contributed by atoms with Crippen molar-refractivity contribution < 1.29 is 4.39 Å². The van der Waals surface area contributed by atoms with Crippen molar-refractivity contribution in [3.8, 4) is 22.4 Å². The summed E-state index contributed by atoms with van der Waals surface area (Å²) in [7, 11) is 0. The van der Waals surface area contributed by atoms with Gasteiger partial charge in [0.2, 0.25) is 0 Å². The van der Waals surface area contributed by atoms with Crippen molar-refractivity contribution in [2.24, 2.45) is 0 Å². The lowest BCUT2D eigenvalue weighted by Gasteiger charge is -2.16. The minimum atomic E-state index is -0.0577. The van der Waals surface area contributed by atoms with Crippen LogP contribution >= 0.6 is 0 Å². The van der Waals surface area contributed by atoms with E-state index in [4.69, 9.17) is 0 Å². The van der Waals surface area contributed by atoms with E-state index in [0.717, 1.165) is 36.1 Å². The van der Waals surface area contributed by atoms with Crippen molar-refractivity contribution in [3.05, 3.63) is 70.9 Å². The van der Waals surface area contributed by atoms with E-state index in [1.54, 1.807) is 24.7 Å². The fraction of sp³-hybridized carbons (Fsp3) is 0.238. The van der Waals surface area contributed by atoms with E-state index in [0.29, 0.717) is 0 Å². The first-order valence-electron chi connectivity index (χ1n) is 8.33. The van der Waals surface area contributed by atoms with Crippen LogP contribution in [0.25, 0.3) is 22.4 Å². The first-order chi connectivity index (χ1) is 11.6. The molecule has 0 aliphatic heterocycles. The number of halogens is 1. The minimum absolute atomic E-state index is 0.0577. The van der Waals surface area contributed by atoms with E-state index in [1.165, 1.54) is 27.8 Å². The standard InChI is InChI=1S/C21H19FN2/c1-13-10-15(20-12-23-8-9-24-20)11-14(2)21(13)18-6-7-19(22)17-5-3-4-16(17)18/h6-12H,3-5H2,1-2H3. The largest absolute Gasteiger partial charge is 0.261 e. The highest BCUT2D eigenvalue weighted by Crippen LogP contribution is 2.38. The first kappa shape index (κ1) is 15.0. The van der Waals surface area contributed by atoms with E-state index < -0.39 is 0 Å². The second-order valence-corrected chi connectivity index (χ2v) is 6.48. The van der Waals surface area contributed by atoms with Gasteiger partial charge in [-0.2, -0.15) is 0 Å². The van der Waals surface area contributed by atoms with Crippen LogP contribution in [0.3, 0.4) is 0 Å². The molecule has 3 aromatic rings. The van der Waals surface area contributed by atoms with Crippen LogP contribution in [0.5, 0.6) is 0 Å². The van der Waals surface area contributed by atoms with Crippen molar-refractivity contribution in [1.29, 1.82) is 0 Å². The number of hydrogen-bond donors (Lipinski definition) is 0. The van der Waals surface area contributed by atoms with Gasteiger partial charge in [-0.05, 0) is 84.7 Å². The van der Waals surface area contributed by atoms with E-state index in [1.807, 2.05) is 6.07 Å². The van der Waals surface area contributed by atoms with E-state index in [2.05, 4.69) is 35.9 Å². The smallest absolute Gasteiger partial charge is 0.126 e. The maximum absolute atomic E-state index is 14.1. The quantitative estimate of drug-likeness (QED) is 0.660. The monoisotopic (exact) mass is 318 g/mol. The van der Waals surface area contributed by atoms with Crippen molar-refractivity contribution in [1.82, 2.24) is 9.97 Å². The molecule has 0 unspecified atom stereocenters. The number of fused-ring (bicyclic) bond motifs is 1. The highest BCUT2D eigenvalue weighted by Gasteiger charge is 2.21. The zero-order chi connectivity index (χ0) is 16.7. The molecule has 3 heteroatoms. The Labute approximate surface area is 141 Å². The Morgan fingerprint density at radius 3 is 2.42 bits per heavy atom. The van der Waals surface area contributed by atoms with Gasteiger partial charge in [0.1, 0.15) is 5.82 Å². The third-order valence-electron chi connectivity index (χ3n) is 4.89. The summed E-state index contributed by atoms with van der Waals surface area (Å²) in [6, 6.07) is 7.86. The molecule has 0 fully saturated rings. The number of rotatable bonds is 2. The molecule has 1 aliphatic rings. The lowest BCUT2D eigenvalue weighted by atomic mass is 9.89. The second kappa shape index (κ2) is 5.82. The molecular formula is C21H19FN2. The van der Waals surface area contributed by atoms with Gasteiger partial charge in [0.05, 0.1) is 11.9 Å². The molecule has 2 nitrogen and oxygen atoms in total. The van der Waals surface area contributed by atoms with Gasteiger partial charge in [-0.1, -0.05) is 6.07 Å². The van der Waals surface area contributed by atoms with E-state index in [-0.39, 0.29) is 5.82 Å². The molecule has 0 N–H and O–H groups in total. The molecule has 24 heavy (non-hydrogen) atoms. The number of benzene rings is 2. The molecule has 0 saturated heterocycles. The fourth-order valence-corrected chi connectivity index (χ4v) is 3.88. The number of aryl methyl sites for hydroxylation is 2. The van der Waals surface area contributed by atoms with Gasteiger partial charge in [-0.3, -0.25) is 9.97 Å². The van der Waals surface area contributed by atoms with Crippen molar-refractivity contribution in [3.63, 3.8) is 0 Å². The summed E-state index contributed by atoms with van der Waals surface area (Å²) in [5.41, 5.74) is 8.83. The van der Waals surface area contributed by atoms with Gasteiger partial charge < -0.3 is 0 Å². The van der Waals surface area contributed by atoms with Gasteiger partial charge in [0, 0.05) is 18.0 Å². The minimum Gasteiger partial charge on any atom is -0.261 e. The molecule has 2 aromatic carbocycles. The third kappa shape index (κ3) is 2.41. The Balaban J connectivity index is 1.88. The lowest BCUT2D eigenvalue weighted by Crippen LogP contribution is -1.97. The molecule has 1 aliphatic carbocycles. The van der Waals surface area contributed by atoms with Crippen molar-refractivity contribution in [2.45, 2.75) is 33.1 Å². The molecular weight excluding hydrogens is 299 g/mol. The molecule has 0 amide bonds. The van der Waals surface area contributed by atoms with Crippen LogP contribution in [0.2, 0.25) is 0 Å². The van der Waals surface area contributed by atoms with Gasteiger partial charge in [-0.25, -0.2) is 4.39 Å². The van der Waals surface area contributed by atoms with Gasteiger partial charge in [-0.15, -0.1) is 0 Å². The summed E-state index contributed by atoms with van der Waals surface area (Å²) in [5.74, 6) is -0.0577. The van der Waals surface area contributed by atoms with Gasteiger partial charge in [0.15, 0.2) is 0 Å². The van der Waals surface area contributed by atoms with Crippen molar-refractivity contribution >= 4 is 0 Å². The van der Waals surface area contributed by atoms with Crippen LogP contribution in [0.15, 0.2) is 42.9 Å².